The van der Waals surface area contributed by atoms with Gasteiger partial charge in [-0.2, -0.15) is 0 Å². The van der Waals surface area contributed by atoms with E-state index in [1.54, 1.807) is 7.05 Å². The number of nitrogens with zero attached hydrogens (tertiary/aromatic N) is 3. The van der Waals surface area contributed by atoms with Crippen LogP contribution >= 0.6 is 11.8 Å². The van der Waals surface area contributed by atoms with Crippen LogP contribution in [0.4, 0.5) is 0 Å². The summed E-state index contributed by atoms with van der Waals surface area (Å²) < 4.78 is 1.53. The number of aryl methyl sites for hydroxylation is 1. The predicted octanol–water partition coefficient (Wildman–Crippen LogP) is 0.643. The van der Waals surface area contributed by atoms with Crippen molar-refractivity contribution in [1.29, 1.82) is 0 Å². The van der Waals surface area contributed by atoms with Gasteiger partial charge in [-0.15, -0.1) is 5.10 Å². The second-order valence-electron chi connectivity index (χ2n) is 6.58. The Hall–Kier alpha value is -2.55. The standard InChI is InChI=1S/C18H23N5O3S/c1-22(11-15(24)19-14-7-8-14)16(25)12-27-18-21-20-17(26)23(18)10-9-13-5-3-2-4-6-13/h2-6,14H,7-12H2,1H3,(H,19,24)(H,20,26). The molecule has 0 bridgehead atoms. The lowest BCUT2D eigenvalue weighted by atomic mass is 10.1. The van der Waals surface area contributed by atoms with Crippen LogP contribution in [0, 0.1) is 0 Å². The van der Waals surface area contributed by atoms with Gasteiger partial charge in [0.05, 0.1) is 12.3 Å². The van der Waals surface area contributed by atoms with Crippen molar-refractivity contribution in [2.75, 3.05) is 19.3 Å². The Kier molecular flexibility index (Phi) is 6.33. The summed E-state index contributed by atoms with van der Waals surface area (Å²) in [6.45, 7) is 0.521. The van der Waals surface area contributed by atoms with Crippen molar-refractivity contribution in [3.05, 3.63) is 46.4 Å². The van der Waals surface area contributed by atoms with E-state index in [-0.39, 0.29) is 35.8 Å². The number of rotatable bonds is 9. The van der Waals surface area contributed by atoms with Gasteiger partial charge in [-0.25, -0.2) is 9.89 Å². The molecule has 0 radical (unpaired) electrons. The van der Waals surface area contributed by atoms with Crippen molar-refractivity contribution in [2.24, 2.45) is 0 Å². The third kappa shape index (κ3) is 5.72. The van der Waals surface area contributed by atoms with E-state index in [9.17, 15) is 14.4 Å². The average molecular weight is 389 g/mol. The zero-order valence-electron chi connectivity index (χ0n) is 15.2. The Bertz CT molecular complexity index is 844. The van der Waals surface area contributed by atoms with E-state index >= 15 is 0 Å². The third-order valence-electron chi connectivity index (χ3n) is 4.26. The molecule has 8 nitrogen and oxygen atoms in total. The van der Waals surface area contributed by atoms with Gasteiger partial charge in [0.25, 0.3) is 0 Å². The first kappa shape index (κ1) is 19.2. The normalized spacial score (nSPS) is 13.4. The highest BCUT2D eigenvalue weighted by Gasteiger charge is 2.24. The molecule has 1 aliphatic carbocycles. The van der Waals surface area contributed by atoms with Gasteiger partial charge in [0.15, 0.2) is 5.16 Å². The summed E-state index contributed by atoms with van der Waals surface area (Å²) in [6, 6.07) is 10.1. The first-order valence-electron chi connectivity index (χ1n) is 8.88. The van der Waals surface area contributed by atoms with E-state index in [1.165, 1.54) is 21.2 Å². The molecule has 0 saturated heterocycles. The monoisotopic (exact) mass is 389 g/mol. The fourth-order valence-electron chi connectivity index (χ4n) is 2.54. The number of carbonyl (C=O) groups excluding carboxylic acids is 2. The van der Waals surface area contributed by atoms with Crippen molar-refractivity contribution in [3.8, 4) is 0 Å². The van der Waals surface area contributed by atoms with Crippen LogP contribution in [-0.2, 0) is 22.6 Å². The number of likely N-dealkylation sites (N-methyl/N-ethyl adjacent to an activating group) is 1. The molecular formula is C18H23N5O3S. The number of benzene rings is 1. The topological polar surface area (TPSA) is 100 Å². The molecule has 27 heavy (non-hydrogen) atoms. The minimum Gasteiger partial charge on any atom is -0.352 e. The van der Waals surface area contributed by atoms with E-state index in [4.69, 9.17) is 0 Å². The first-order chi connectivity index (χ1) is 13.0. The lowest BCUT2D eigenvalue weighted by molar-refractivity contribution is -0.132. The van der Waals surface area contributed by atoms with Gasteiger partial charge in [-0.05, 0) is 24.8 Å². The largest absolute Gasteiger partial charge is 0.352 e. The maximum absolute atomic E-state index is 12.3. The van der Waals surface area contributed by atoms with Crippen molar-refractivity contribution >= 4 is 23.6 Å². The summed E-state index contributed by atoms with van der Waals surface area (Å²) in [5.41, 5.74) is 0.831. The maximum atomic E-state index is 12.3. The number of H-pyrrole nitrogens is 1. The van der Waals surface area contributed by atoms with Crippen LogP contribution in [0.1, 0.15) is 18.4 Å². The maximum Gasteiger partial charge on any atom is 0.343 e. The molecule has 1 aromatic carbocycles. The summed E-state index contributed by atoms with van der Waals surface area (Å²) in [6.07, 6.45) is 2.72. The molecule has 1 heterocycles. The average Bonchev–Trinajstić information content (AvgIpc) is 3.40. The molecule has 9 heteroatoms. The molecule has 2 aromatic rings. The van der Waals surface area contributed by atoms with E-state index < -0.39 is 0 Å². The minimum absolute atomic E-state index is 0.0390. The van der Waals surface area contributed by atoms with Crippen molar-refractivity contribution in [2.45, 2.75) is 37.0 Å². The van der Waals surface area contributed by atoms with Crippen LogP contribution in [-0.4, -0.2) is 56.9 Å². The summed E-state index contributed by atoms with van der Waals surface area (Å²) >= 11 is 1.19. The molecular weight excluding hydrogens is 366 g/mol. The predicted molar refractivity (Wildman–Crippen MR) is 103 cm³/mol. The number of hydrogen-bond acceptors (Lipinski definition) is 5. The summed E-state index contributed by atoms with van der Waals surface area (Å²) in [7, 11) is 1.60. The third-order valence-corrected chi connectivity index (χ3v) is 5.23. The summed E-state index contributed by atoms with van der Waals surface area (Å²) in [5.74, 6) is -0.211. The number of hydrogen-bond donors (Lipinski definition) is 2. The van der Waals surface area contributed by atoms with Crippen LogP contribution in [0.25, 0.3) is 0 Å². The highest BCUT2D eigenvalue weighted by molar-refractivity contribution is 7.99. The van der Waals surface area contributed by atoms with E-state index in [0.717, 1.165) is 18.4 Å². The van der Waals surface area contributed by atoms with Crippen LogP contribution in [0.5, 0.6) is 0 Å². The van der Waals surface area contributed by atoms with Crippen LogP contribution < -0.4 is 11.0 Å². The molecule has 2 amide bonds. The fourth-order valence-corrected chi connectivity index (χ4v) is 3.45. The van der Waals surface area contributed by atoms with Crippen LogP contribution in [0.3, 0.4) is 0 Å². The second-order valence-corrected chi connectivity index (χ2v) is 7.52. The van der Waals surface area contributed by atoms with E-state index in [1.807, 2.05) is 30.3 Å². The molecule has 1 aromatic heterocycles. The van der Waals surface area contributed by atoms with Crippen LogP contribution in [0.15, 0.2) is 40.3 Å². The zero-order valence-corrected chi connectivity index (χ0v) is 16.0. The Balaban J connectivity index is 1.50. The number of thioether (sulfide) groups is 1. The first-order valence-corrected chi connectivity index (χ1v) is 9.86. The molecule has 3 rings (SSSR count). The molecule has 0 aliphatic heterocycles. The minimum atomic E-state index is -0.293. The molecule has 144 valence electrons. The molecule has 0 spiro atoms. The van der Waals surface area contributed by atoms with Gasteiger partial charge in [0.1, 0.15) is 0 Å². The van der Waals surface area contributed by atoms with Crippen molar-refractivity contribution < 1.29 is 9.59 Å². The highest BCUT2D eigenvalue weighted by Crippen LogP contribution is 2.18. The van der Waals surface area contributed by atoms with Crippen molar-refractivity contribution in [3.63, 3.8) is 0 Å². The van der Waals surface area contributed by atoms with Crippen molar-refractivity contribution in [1.82, 2.24) is 25.0 Å². The van der Waals surface area contributed by atoms with Gasteiger partial charge >= 0.3 is 5.69 Å². The number of nitrogens with one attached hydrogen (secondary N) is 2. The molecule has 0 atom stereocenters. The Morgan fingerprint density at radius 3 is 2.78 bits per heavy atom. The molecule has 1 aliphatic rings. The molecule has 1 fully saturated rings. The number of carbonyl (C=O) groups is 2. The van der Waals surface area contributed by atoms with Gasteiger partial charge in [0.2, 0.25) is 11.8 Å². The SMILES string of the molecule is CN(CC(=O)NC1CC1)C(=O)CSc1n[nH]c(=O)n1CCc1ccccc1. The summed E-state index contributed by atoms with van der Waals surface area (Å²) in [5, 5.41) is 9.77. The Morgan fingerprint density at radius 1 is 1.33 bits per heavy atom. The smallest absolute Gasteiger partial charge is 0.343 e. The number of amides is 2. The summed E-state index contributed by atoms with van der Waals surface area (Å²) in [4.78, 5) is 37.4. The second kappa shape index (κ2) is 8.90. The quantitative estimate of drug-likeness (QED) is 0.613. The van der Waals surface area contributed by atoms with Gasteiger partial charge in [-0.3, -0.25) is 14.2 Å². The van der Waals surface area contributed by atoms with Crippen LogP contribution in [0.2, 0.25) is 0 Å². The Morgan fingerprint density at radius 2 is 2.07 bits per heavy atom. The molecule has 2 N–H and O–H groups in total. The lowest BCUT2D eigenvalue weighted by Gasteiger charge is -2.16. The van der Waals surface area contributed by atoms with E-state index in [2.05, 4.69) is 15.5 Å². The van der Waals surface area contributed by atoms with Gasteiger partial charge in [-0.1, -0.05) is 42.1 Å². The molecule has 0 unspecified atom stereocenters. The molecule has 1 saturated carbocycles. The highest BCUT2D eigenvalue weighted by atomic mass is 32.2. The van der Waals surface area contributed by atoms with Gasteiger partial charge < -0.3 is 10.2 Å². The fraction of sp³-hybridized carbons (Fsp3) is 0.444. The Labute approximate surface area is 161 Å². The van der Waals surface area contributed by atoms with E-state index in [0.29, 0.717) is 18.1 Å². The number of aromatic amines is 1. The number of aromatic nitrogens is 3. The zero-order chi connectivity index (χ0) is 19.2. The van der Waals surface area contributed by atoms with Gasteiger partial charge in [0, 0.05) is 19.6 Å². The lowest BCUT2D eigenvalue weighted by Crippen LogP contribution is -2.39.